The van der Waals surface area contributed by atoms with E-state index in [1.54, 1.807) is 0 Å². The van der Waals surface area contributed by atoms with Crippen molar-refractivity contribution in [2.24, 2.45) is 5.92 Å². The standard InChI is InChI=1S/C16H20BrNO4/c1-11(2)8-14(15(20)13(17)9-19)18-16(21)22-10-12-6-4-3-5-7-12/h3-7,9,11,13-14H,8,10H2,1-2H3,(H,18,21)/t13?,14-/m0/s1. The molecule has 0 aliphatic heterocycles. The number of hydrogen-bond donors (Lipinski definition) is 1. The van der Waals surface area contributed by atoms with Gasteiger partial charge in [0, 0.05) is 0 Å². The first kappa shape index (κ1) is 18.4. The summed E-state index contributed by atoms with van der Waals surface area (Å²) in [5.74, 6) is -0.185. The molecule has 0 saturated carbocycles. The first-order chi connectivity index (χ1) is 10.4. The fourth-order valence-corrected chi connectivity index (χ4v) is 2.20. The molecule has 1 unspecified atom stereocenters. The number of Topliss-reactive ketones (excluding diaryl/α,β-unsaturated/α-hetero) is 1. The Kier molecular flexibility index (Phi) is 7.80. The van der Waals surface area contributed by atoms with Crippen LogP contribution in [-0.2, 0) is 20.9 Å². The number of aldehydes is 1. The lowest BCUT2D eigenvalue weighted by molar-refractivity contribution is -0.123. The molecule has 0 bridgehead atoms. The molecule has 0 heterocycles. The van der Waals surface area contributed by atoms with Crippen molar-refractivity contribution in [1.29, 1.82) is 0 Å². The van der Waals surface area contributed by atoms with Crippen LogP contribution in [0.15, 0.2) is 30.3 Å². The second-order valence-electron chi connectivity index (χ2n) is 5.33. The Labute approximate surface area is 138 Å². The highest BCUT2D eigenvalue weighted by molar-refractivity contribution is 9.10. The third-order valence-corrected chi connectivity index (χ3v) is 3.61. The average Bonchev–Trinajstić information content (AvgIpc) is 2.51. The number of alkyl halides is 1. The van der Waals surface area contributed by atoms with Gasteiger partial charge >= 0.3 is 6.09 Å². The number of nitrogens with one attached hydrogen (secondary N) is 1. The van der Waals surface area contributed by atoms with Crippen molar-refractivity contribution in [3.8, 4) is 0 Å². The summed E-state index contributed by atoms with van der Waals surface area (Å²) in [5.41, 5.74) is 0.857. The SMILES string of the molecule is CC(C)C[C@H](NC(=O)OCc1ccccc1)C(=O)C(Br)C=O. The minimum Gasteiger partial charge on any atom is -0.445 e. The van der Waals surface area contributed by atoms with Crippen LogP contribution in [0.2, 0.25) is 0 Å². The Hall–Kier alpha value is -1.69. The van der Waals surface area contributed by atoms with Crippen LogP contribution in [0.5, 0.6) is 0 Å². The fraction of sp³-hybridized carbons (Fsp3) is 0.438. The van der Waals surface area contributed by atoms with Gasteiger partial charge in [-0.25, -0.2) is 4.79 Å². The van der Waals surface area contributed by atoms with Crippen LogP contribution >= 0.6 is 15.9 Å². The van der Waals surface area contributed by atoms with Crippen LogP contribution in [-0.4, -0.2) is 29.0 Å². The maximum atomic E-state index is 12.1. The highest BCUT2D eigenvalue weighted by Gasteiger charge is 2.27. The molecule has 0 spiro atoms. The first-order valence-electron chi connectivity index (χ1n) is 7.04. The van der Waals surface area contributed by atoms with Crippen LogP contribution < -0.4 is 5.32 Å². The number of ether oxygens (including phenoxy) is 1. The molecule has 1 amide bonds. The Morgan fingerprint density at radius 1 is 1.27 bits per heavy atom. The van der Waals surface area contributed by atoms with Gasteiger partial charge < -0.3 is 14.8 Å². The van der Waals surface area contributed by atoms with Crippen molar-refractivity contribution in [3.05, 3.63) is 35.9 Å². The van der Waals surface area contributed by atoms with Crippen molar-refractivity contribution in [2.45, 2.75) is 37.7 Å². The van der Waals surface area contributed by atoms with Gasteiger partial charge in [0.05, 0.1) is 6.04 Å². The number of halogens is 1. The molecule has 0 aliphatic rings. The quantitative estimate of drug-likeness (QED) is 0.434. The Morgan fingerprint density at radius 3 is 2.45 bits per heavy atom. The number of hydrogen-bond acceptors (Lipinski definition) is 4. The second-order valence-corrected chi connectivity index (χ2v) is 6.31. The Morgan fingerprint density at radius 2 is 1.91 bits per heavy atom. The lowest BCUT2D eigenvalue weighted by Gasteiger charge is -2.20. The monoisotopic (exact) mass is 369 g/mol. The Bertz CT molecular complexity index is 504. The molecule has 1 N–H and O–H groups in total. The minimum atomic E-state index is -0.925. The summed E-state index contributed by atoms with van der Waals surface area (Å²) < 4.78 is 5.10. The molecule has 5 nitrogen and oxygen atoms in total. The molecular formula is C16H20BrNO4. The first-order valence-corrected chi connectivity index (χ1v) is 7.96. The van der Waals surface area contributed by atoms with Gasteiger partial charge in [-0.05, 0) is 17.9 Å². The minimum absolute atomic E-state index is 0.126. The van der Waals surface area contributed by atoms with Crippen molar-refractivity contribution < 1.29 is 19.1 Å². The van der Waals surface area contributed by atoms with Crippen molar-refractivity contribution in [1.82, 2.24) is 5.32 Å². The van der Waals surface area contributed by atoms with E-state index in [1.165, 1.54) is 0 Å². The molecule has 0 saturated heterocycles. The van der Waals surface area contributed by atoms with Gasteiger partial charge in [-0.2, -0.15) is 0 Å². The van der Waals surface area contributed by atoms with E-state index in [9.17, 15) is 14.4 Å². The Balaban J connectivity index is 2.58. The van der Waals surface area contributed by atoms with E-state index in [0.29, 0.717) is 12.7 Å². The number of carbonyl (C=O) groups is 3. The van der Waals surface area contributed by atoms with Crippen LogP contribution in [0.4, 0.5) is 4.79 Å². The molecule has 1 rings (SSSR count). The van der Waals surface area contributed by atoms with E-state index < -0.39 is 17.0 Å². The third kappa shape index (κ3) is 6.39. The lowest BCUT2D eigenvalue weighted by atomic mass is 9.99. The molecular weight excluding hydrogens is 350 g/mol. The van der Waals surface area contributed by atoms with E-state index >= 15 is 0 Å². The van der Waals surface area contributed by atoms with Crippen LogP contribution in [0.25, 0.3) is 0 Å². The van der Waals surface area contributed by atoms with E-state index in [-0.39, 0.29) is 18.3 Å². The molecule has 120 valence electrons. The van der Waals surface area contributed by atoms with Gasteiger partial charge in [0.15, 0.2) is 5.78 Å². The number of ketones is 1. The zero-order valence-corrected chi connectivity index (χ0v) is 14.2. The van der Waals surface area contributed by atoms with Crippen LogP contribution in [0.3, 0.4) is 0 Å². The van der Waals surface area contributed by atoms with E-state index in [2.05, 4.69) is 21.2 Å². The summed E-state index contributed by atoms with van der Waals surface area (Å²) in [5, 5.41) is 2.53. The zero-order chi connectivity index (χ0) is 16.5. The molecule has 0 fully saturated rings. The maximum absolute atomic E-state index is 12.1. The topological polar surface area (TPSA) is 72.5 Å². The average molecular weight is 370 g/mol. The van der Waals surface area contributed by atoms with Gasteiger partial charge in [-0.3, -0.25) is 4.79 Å². The summed E-state index contributed by atoms with van der Waals surface area (Å²) in [7, 11) is 0. The van der Waals surface area contributed by atoms with Gasteiger partial charge in [-0.1, -0.05) is 60.1 Å². The van der Waals surface area contributed by atoms with Gasteiger partial charge in [0.25, 0.3) is 0 Å². The van der Waals surface area contributed by atoms with Crippen LogP contribution in [0, 0.1) is 5.92 Å². The summed E-state index contributed by atoms with van der Waals surface area (Å²) in [6.45, 7) is 3.99. The van der Waals surface area contributed by atoms with Crippen molar-refractivity contribution in [2.75, 3.05) is 0 Å². The summed E-state index contributed by atoms with van der Waals surface area (Å²) in [6, 6.07) is 8.49. The molecule has 2 atom stereocenters. The van der Waals surface area contributed by atoms with Crippen molar-refractivity contribution in [3.63, 3.8) is 0 Å². The molecule has 1 aromatic rings. The van der Waals surface area contributed by atoms with Gasteiger partial charge in [0.1, 0.15) is 17.7 Å². The van der Waals surface area contributed by atoms with E-state index in [1.807, 2.05) is 44.2 Å². The predicted molar refractivity (Wildman–Crippen MR) is 86.8 cm³/mol. The number of rotatable bonds is 8. The number of alkyl carbamates (subject to hydrolysis) is 1. The smallest absolute Gasteiger partial charge is 0.408 e. The third-order valence-electron chi connectivity index (χ3n) is 2.95. The van der Waals surface area contributed by atoms with E-state index in [0.717, 1.165) is 5.56 Å². The molecule has 0 aromatic heterocycles. The highest BCUT2D eigenvalue weighted by atomic mass is 79.9. The fourth-order valence-electron chi connectivity index (χ4n) is 1.88. The van der Waals surface area contributed by atoms with E-state index in [4.69, 9.17) is 4.74 Å². The van der Waals surface area contributed by atoms with Gasteiger partial charge in [-0.15, -0.1) is 0 Å². The second kappa shape index (κ2) is 9.35. The largest absolute Gasteiger partial charge is 0.445 e. The molecule has 0 aliphatic carbocycles. The summed E-state index contributed by atoms with van der Waals surface area (Å²) in [4.78, 5) is 33.7. The molecule has 6 heteroatoms. The normalized spacial score (nSPS) is 13.3. The van der Waals surface area contributed by atoms with Crippen molar-refractivity contribution >= 4 is 34.1 Å². The number of amides is 1. The number of benzene rings is 1. The molecule has 22 heavy (non-hydrogen) atoms. The zero-order valence-electron chi connectivity index (χ0n) is 12.6. The highest BCUT2D eigenvalue weighted by Crippen LogP contribution is 2.11. The maximum Gasteiger partial charge on any atom is 0.408 e. The van der Waals surface area contributed by atoms with Crippen LogP contribution in [0.1, 0.15) is 25.8 Å². The summed E-state index contributed by atoms with van der Waals surface area (Å²) in [6.07, 6.45) is 0.274. The number of carbonyl (C=O) groups excluding carboxylic acids is 3. The molecule has 1 aromatic carbocycles. The lowest BCUT2D eigenvalue weighted by Crippen LogP contribution is -2.45. The molecule has 0 radical (unpaired) electrons. The van der Waals surface area contributed by atoms with Gasteiger partial charge in [0.2, 0.25) is 0 Å². The predicted octanol–water partition coefficient (Wildman–Crippen LogP) is 2.86. The summed E-state index contributed by atoms with van der Waals surface area (Å²) >= 11 is 2.99.